The molecule has 0 bridgehead atoms. The summed E-state index contributed by atoms with van der Waals surface area (Å²) in [6, 6.07) is 12.2. The maximum Gasteiger partial charge on any atom is 0.255 e. The monoisotopic (exact) mass is 378 g/mol. The Labute approximate surface area is 165 Å². The first kappa shape index (κ1) is 18.4. The molecule has 1 amide bonds. The largest absolute Gasteiger partial charge is 0.493 e. The fourth-order valence-electron chi connectivity index (χ4n) is 4.42. The molecule has 3 atom stereocenters. The Balaban J connectivity index is 1.80. The minimum Gasteiger partial charge on any atom is -0.493 e. The van der Waals surface area contributed by atoms with E-state index in [1.807, 2.05) is 24.3 Å². The molecule has 0 aromatic heterocycles. The molecule has 0 radical (unpaired) electrons. The molecule has 0 spiro atoms. The number of ether oxygens (including phenoxy) is 2. The van der Waals surface area contributed by atoms with Gasteiger partial charge in [-0.25, -0.2) is 0 Å². The van der Waals surface area contributed by atoms with E-state index in [4.69, 9.17) is 9.47 Å². The molecule has 1 N–H and O–H groups in total. The van der Waals surface area contributed by atoms with Gasteiger partial charge in [0.1, 0.15) is 0 Å². The van der Waals surface area contributed by atoms with E-state index in [1.54, 1.807) is 33.2 Å². The SMILES string of the molecule is COc1ccc(C2Nc3c(C(=O)N(C)C)cccc3C3C=CCC32)cc1OC. The van der Waals surface area contributed by atoms with E-state index in [-0.39, 0.29) is 11.9 Å². The molecule has 5 nitrogen and oxygen atoms in total. The zero-order valence-corrected chi connectivity index (χ0v) is 16.7. The van der Waals surface area contributed by atoms with Crippen LogP contribution in [-0.2, 0) is 0 Å². The standard InChI is InChI=1S/C23H26N2O3/c1-25(2)23(26)18-10-6-9-17-15-7-5-8-16(15)21(24-22(17)18)14-11-12-19(27-3)20(13-14)28-4/h5-7,9-13,15-16,21,24H,8H2,1-4H3. The average Bonchev–Trinajstić information content (AvgIpc) is 3.21. The molecule has 5 heteroatoms. The number of hydrogen-bond acceptors (Lipinski definition) is 4. The number of carbonyl (C=O) groups is 1. The van der Waals surface area contributed by atoms with Crippen LogP contribution in [-0.4, -0.2) is 39.1 Å². The molecular formula is C23H26N2O3. The number of carbonyl (C=O) groups excluding carboxylic acids is 1. The lowest BCUT2D eigenvalue weighted by molar-refractivity contribution is 0.0828. The predicted molar refractivity (Wildman–Crippen MR) is 110 cm³/mol. The van der Waals surface area contributed by atoms with E-state index < -0.39 is 0 Å². The van der Waals surface area contributed by atoms with Crippen LogP contribution in [0, 0.1) is 5.92 Å². The highest BCUT2D eigenvalue weighted by Gasteiger charge is 2.39. The molecule has 2 aromatic rings. The number of amides is 1. The number of hydrogen-bond donors (Lipinski definition) is 1. The van der Waals surface area contributed by atoms with Crippen molar-refractivity contribution in [1.29, 1.82) is 0 Å². The van der Waals surface area contributed by atoms with Crippen molar-refractivity contribution in [2.24, 2.45) is 5.92 Å². The number of benzene rings is 2. The molecule has 2 aliphatic rings. The number of nitrogens with zero attached hydrogens (tertiary/aromatic N) is 1. The van der Waals surface area contributed by atoms with Crippen LogP contribution in [0.3, 0.4) is 0 Å². The first-order chi connectivity index (χ1) is 13.5. The molecule has 146 valence electrons. The summed E-state index contributed by atoms with van der Waals surface area (Å²) >= 11 is 0. The van der Waals surface area contributed by atoms with Crippen molar-refractivity contribution in [3.8, 4) is 11.5 Å². The van der Waals surface area contributed by atoms with E-state index in [2.05, 4.69) is 29.6 Å². The Bertz CT molecular complexity index is 935. The van der Waals surface area contributed by atoms with E-state index >= 15 is 0 Å². The highest BCUT2D eigenvalue weighted by molar-refractivity contribution is 6.00. The van der Waals surface area contributed by atoms with Crippen LogP contribution in [0.4, 0.5) is 5.69 Å². The number of allylic oxidation sites excluding steroid dienone is 2. The molecule has 1 heterocycles. The van der Waals surface area contributed by atoms with Gasteiger partial charge in [-0.3, -0.25) is 4.79 Å². The number of fused-ring (bicyclic) bond motifs is 3. The summed E-state index contributed by atoms with van der Waals surface area (Å²) in [5.74, 6) is 2.13. The molecule has 0 fully saturated rings. The van der Waals surface area contributed by atoms with E-state index in [0.717, 1.165) is 17.7 Å². The van der Waals surface area contributed by atoms with Crippen LogP contribution in [0.2, 0.25) is 0 Å². The van der Waals surface area contributed by atoms with Crippen LogP contribution < -0.4 is 14.8 Å². The van der Waals surface area contributed by atoms with Gasteiger partial charge in [-0.2, -0.15) is 0 Å². The molecule has 28 heavy (non-hydrogen) atoms. The lowest BCUT2D eigenvalue weighted by atomic mass is 9.76. The van der Waals surface area contributed by atoms with E-state index in [0.29, 0.717) is 28.9 Å². The van der Waals surface area contributed by atoms with Gasteiger partial charge >= 0.3 is 0 Å². The third-order valence-electron chi connectivity index (χ3n) is 5.80. The van der Waals surface area contributed by atoms with E-state index in [1.165, 1.54) is 5.56 Å². The third-order valence-corrected chi connectivity index (χ3v) is 5.80. The van der Waals surface area contributed by atoms with Crippen molar-refractivity contribution in [2.75, 3.05) is 33.6 Å². The molecule has 0 saturated carbocycles. The summed E-state index contributed by atoms with van der Waals surface area (Å²) in [5, 5.41) is 3.69. The summed E-state index contributed by atoms with van der Waals surface area (Å²) in [6.07, 6.45) is 5.53. The summed E-state index contributed by atoms with van der Waals surface area (Å²) in [6.45, 7) is 0. The van der Waals surface area contributed by atoms with Gasteiger partial charge in [0.2, 0.25) is 0 Å². The average molecular weight is 378 g/mol. The lowest BCUT2D eigenvalue weighted by Gasteiger charge is -2.38. The summed E-state index contributed by atoms with van der Waals surface area (Å²) < 4.78 is 10.9. The van der Waals surface area contributed by atoms with Crippen LogP contribution in [0.5, 0.6) is 11.5 Å². The zero-order valence-electron chi connectivity index (χ0n) is 16.7. The minimum atomic E-state index is 0.0100. The van der Waals surface area contributed by atoms with Gasteiger partial charge in [0.05, 0.1) is 31.5 Å². The molecule has 3 unspecified atom stereocenters. The summed E-state index contributed by atoms with van der Waals surface area (Å²) in [5.41, 5.74) is 3.98. The maximum absolute atomic E-state index is 12.8. The number of para-hydroxylation sites is 1. The number of anilines is 1. The second-order valence-electron chi connectivity index (χ2n) is 7.56. The van der Waals surface area contributed by atoms with Crippen LogP contribution in [0.15, 0.2) is 48.6 Å². The Kier molecular flexibility index (Phi) is 4.75. The number of methoxy groups -OCH3 is 2. The van der Waals surface area contributed by atoms with Crippen molar-refractivity contribution in [3.63, 3.8) is 0 Å². The second-order valence-corrected chi connectivity index (χ2v) is 7.56. The first-order valence-electron chi connectivity index (χ1n) is 9.54. The van der Waals surface area contributed by atoms with Gasteiger partial charge in [0.25, 0.3) is 5.91 Å². The van der Waals surface area contributed by atoms with Crippen LogP contribution >= 0.6 is 0 Å². The quantitative estimate of drug-likeness (QED) is 0.809. The van der Waals surface area contributed by atoms with Crippen LogP contribution in [0.1, 0.15) is 39.9 Å². The van der Waals surface area contributed by atoms with E-state index in [9.17, 15) is 4.79 Å². The van der Waals surface area contributed by atoms with Crippen molar-refractivity contribution < 1.29 is 14.3 Å². The molecular weight excluding hydrogens is 352 g/mol. The van der Waals surface area contributed by atoms with Crippen molar-refractivity contribution in [1.82, 2.24) is 4.90 Å². The van der Waals surface area contributed by atoms with Gasteiger partial charge in [-0.1, -0.05) is 30.4 Å². The van der Waals surface area contributed by atoms with Gasteiger partial charge in [-0.05, 0) is 41.7 Å². The number of rotatable bonds is 4. The Hall–Kier alpha value is -2.95. The Morgan fingerprint density at radius 2 is 1.89 bits per heavy atom. The normalized spacial score (nSPS) is 22.1. The van der Waals surface area contributed by atoms with Crippen molar-refractivity contribution >= 4 is 11.6 Å². The van der Waals surface area contributed by atoms with Crippen LogP contribution in [0.25, 0.3) is 0 Å². The smallest absolute Gasteiger partial charge is 0.255 e. The topological polar surface area (TPSA) is 50.8 Å². The maximum atomic E-state index is 12.8. The zero-order chi connectivity index (χ0) is 19.8. The fraction of sp³-hybridized carbons (Fsp3) is 0.348. The molecule has 2 aromatic carbocycles. The van der Waals surface area contributed by atoms with Gasteiger partial charge < -0.3 is 19.7 Å². The Morgan fingerprint density at radius 3 is 2.61 bits per heavy atom. The fourth-order valence-corrected chi connectivity index (χ4v) is 4.42. The lowest BCUT2D eigenvalue weighted by Crippen LogP contribution is -2.32. The highest BCUT2D eigenvalue weighted by Crippen LogP contribution is 2.51. The predicted octanol–water partition coefficient (Wildman–Crippen LogP) is 4.23. The van der Waals surface area contributed by atoms with Gasteiger partial charge in [0, 0.05) is 20.0 Å². The summed E-state index contributed by atoms with van der Waals surface area (Å²) in [4.78, 5) is 14.4. The summed E-state index contributed by atoms with van der Waals surface area (Å²) in [7, 11) is 6.87. The third kappa shape index (κ3) is 2.91. The first-order valence-corrected chi connectivity index (χ1v) is 9.54. The molecule has 1 aliphatic heterocycles. The van der Waals surface area contributed by atoms with Gasteiger partial charge in [-0.15, -0.1) is 0 Å². The Morgan fingerprint density at radius 1 is 1.11 bits per heavy atom. The second kappa shape index (κ2) is 7.23. The molecule has 0 saturated heterocycles. The molecule has 1 aliphatic carbocycles. The van der Waals surface area contributed by atoms with Crippen molar-refractivity contribution in [3.05, 3.63) is 65.2 Å². The van der Waals surface area contributed by atoms with Gasteiger partial charge in [0.15, 0.2) is 11.5 Å². The number of nitrogens with one attached hydrogen (secondary N) is 1. The minimum absolute atomic E-state index is 0.0100. The van der Waals surface area contributed by atoms with Crippen molar-refractivity contribution in [2.45, 2.75) is 18.4 Å². The molecule has 4 rings (SSSR count). The highest BCUT2D eigenvalue weighted by atomic mass is 16.5.